The fraction of sp³-hybridized carbons (Fsp3) is 0.409. The lowest BCUT2D eigenvalue weighted by Crippen LogP contribution is -2.52. The predicted octanol–water partition coefficient (Wildman–Crippen LogP) is 2.56. The van der Waals surface area contributed by atoms with E-state index in [1.807, 2.05) is 18.2 Å². The van der Waals surface area contributed by atoms with Gasteiger partial charge in [-0.15, -0.1) is 0 Å². The summed E-state index contributed by atoms with van der Waals surface area (Å²) >= 11 is 0. The number of aromatic hydroxyl groups is 1. The summed E-state index contributed by atoms with van der Waals surface area (Å²) in [5.41, 5.74) is 6.98. The van der Waals surface area contributed by atoms with Crippen LogP contribution >= 0.6 is 0 Å². The third-order valence-corrected chi connectivity index (χ3v) is 5.64. The van der Waals surface area contributed by atoms with E-state index in [-0.39, 0.29) is 16.9 Å². The molecule has 1 aliphatic rings. The Labute approximate surface area is 166 Å². The van der Waals surface area contributed by atoms with E-state index < -0.39 is 12.0 Å². The number of amides is 1. The molecule has 6 heteroatoms. The number of likely N-dealkylation sites (N-methyl/N-ethyl adjacent to an activating group) is 1. The summed E-state index contributed by atoms with van der Waals surface area (Å²) < 4.78 is 0. The van der Waals surface area contributed by atoms with E-state index in [1.165, 1.54) is 17.8 Å². The molecule has 1 aliphatic carbocycles. The normalized spacial score (nSPS) is 16.6. The van der Waals surface area contributed by atoms with Crippen LogP contribution in [0.4, 0.5) is 5.69 Å². The number of hydrogen-bond donors (Lipinski definition) is 4. The van der Waals surface area contributed by atoms with Crippen LogP contribution in [-0.4, -0.2) is 41.8 Å². The third-order valence-electron chi connectivity index (χ3n) is 5.64. The number of hydrogen-bond acceptors (Lipinski definition) is 5. The number of nitrogens with one attached hydrogen (secondary N) is 1. The van der Waals surface area contributed by atoms with E-state index in [4.69, 9.17) is 5.73 Å². The molecular formula is C22H29N3O3. The second-order valence-electron chi connectivity index (χ2n) is 7.72. The highest BCUT2D eigenvalue weighted by Gasteiger charge is 2.35. The summed E-state index contributed by atoms with van der Waals surface area (Å²) in [6.07, 6.45) is 3.64. The minimum absolute atomic E-state index is 0.0240. The molecule has 0 radical (unpaired) electrons. The average Bonchev–Trinajstić information content (AvgIpc) is 3.15. The molecule has 1 amide bonds. The molecule has 6 nitrogen and oxygen atoms in total. The quantitative estimate of drug-likeness (QED) is 0.562. The van der Waals surface area contributed by atoms with Gasteiger partial charge in [0.05, 0.1) is 11.7 Å². The van der Waals surface area contributed by atoms with Gasteiger partial charge in [0, 0.05) is 31.4 Å². The van der Waals surface area contributed by atoms with Gasteiger partial charge < -0.3 is 26.2 Å². The summed E-state index contributed by atoms with van der Waals surface area (Å²) in [5, 5.41) is 24.0. The van der Waals surface area contributed by atoms with Crippen molar-refractivity contribution in [3.05, 3.63) is 59.7 Å². The standard InChI is InChI=1S/C22H29N3O3/c1-25(17-7-3-2-4-8-17)15-22(11-5-6-12-22)24-14-20(27)16-9-10-19(26)18(13-16)21(23)28/h2-4,7-10,13,20,24,26-27H,5-6,11-12,14-15H2,1H3,(H2,23,28). The van der Waals surface area contributed by atoms with Crippen LogP contribution in [0.3, 0.4) is 0 Å². The van der Waals surface area contributed by atoms with Crippen LogP contribution in [0.25, 0.3) is 0 Å². The molecule has 5 N–H and O–H groups in total. The van der Waals surface area contributed by atoms with Crippen LogP contribution in [0.1, 0.15) is 47.7 Å². The molecule has 0 heterocycles. The molecule has 0 aromatic heterocycles. The monoisotopic (exact) mass is 383 g/mol. The highest BCUT2D eigenvalue weighted by Crippen LogP contribution is 2.32. The first kappa shape index (κ1) is 20.2. The maximum Gasteiger partial charge on any atom is 0.252 e. The lowest BCUT2D eigenvalue weighted by molar-refractivity contribution is 0.0997. The van der Waals surface area contributed by atoms with Crippen molar-refractivity contribution in [3.8, 4) is 5.75 Å². The summed E-state index contributed by atoms with van der Waals surface area (Å²) in [7, 11) is 2.09. The van der Waals surface area contributed by atoms with Crippen LogP contribution in [0.15, 0.2) is 48.5 Å². The van der Waals surface area contributed by atoms with Crippen LogP contribution in [0.5, 0.6) is 5.75 Å². The van der Waals surface area contributed by atoms with E-state index in [9.17, 15) is 15.0 Å². The Morgan fingerprint density at radius 2 is 1.89 bits per heavy atom. The third kappa shape index (κ3) is 4.64. The maximum atomic E-state index is 11.4. The van der Waals surface area contributed by atoms with E-state index in [0.29, 0.717) is 12.1 Å². The van der Waals surface area contributed by atoms with Crippen LogP contribution in [0, 0.1) is 0 Å². The topological polar surface area (TPSA) is 98.8 Å². The van der Waals surface area contributed by atoms with E-state index in [2.05, 4.69) is 29.4 Å². The van der Waals surface area contributed by atoms with Crippen molar-refractivity contribution in [1.82, 2.24) is 5.32 Å². The number of nitrogens with zero attached hydrogens (tertiary/aromatic N) is 1. The number of carbonyl (C=O) groups excluding carboxylic acids is 1. The predicted molar refractivity (Wildman–Crippen MR) is 110 cm³/mol. The van der Waals surface area contributed by atoms with Gasteiger partial charge in [-0.1, -0.05) is 37.1 Å². The van der Waals surface area contributed by atoms with Gasteiger partial charge in [-0.25, -0.2) is 0 Å². The molecule has 0 saturated heterocycles. The molecule has 1 saturated carbocycles. The van der Waals surface area contributed by atoms with Crippen molar-refractivity contribution in [1.29, 1.82) is 0 Å². The van der Waals surface area contributed by atoms with Crippen molar-refractivity contribution in [3.63, 3.8) is 0 Å². The van der Waals surface area contributed by atoms with Crippen LogP contribution < -0.4 is 16.0 Å². The summed E-state index contributed by atoms with van der Waals surface area (Å²) in [4.78, 5) is 13.7. The molecule has 0 bridgehead atoms. The minimum Gasteiger partial charge on any atom is -0.507 e. The van der Waals surface area contributed by atoms with Gasteiger partial charge in [0.25, 0.3) is 5.91 Å². The molecule has 0 aliphatic heterocycles. The lowest BCUT2D eigenvalue weighted by Gasteiger charge is -2.36. The second-order valence-corrected chi connectivity index (χ2v) is 7.72. The van der Waals surface area contributed by atoms with Crippen molar-refractivity contribution < 1.29 is 15.0 Å². The van der Waals surface area contributed by atoms with Crippen molar-refractivity contribution in [2.45, 2.75) is 37.3 Å². The number of β-amino-alcohol motifs (C(OH)–C–C–N with tert-alkyl or cyclic N) is 1. The maximum absolute atomic E-state index is 11.4. The van der Waals surface area contributed by atoms with Gasteiger partial charge in [0.2, 0.25) is 0 Å². The van der Waals surface area contributed by atoms with Crippen LogP contribution in [-0.2, 0) is 0 Å². The number of rotatable bonds is 8. The first-order valence-electron chi connectivity index (χ1n) is 9.72. The van der Waals surface area contributed by atoms with Crippen LogP contribution in [0.2, 0.25) is 0 Å². The number of anilines is 1. The zero-order valence-corrected chi connectivity index (χ0v) is 16.3. The number of carbonyl (C=O) groups is 1. The Balaban J connectivity index is 1.68. The minimum atomic E-state index is -0.793. The fourth-order valence-electron chi connectivity index (χ4n) is 4.06. The highest BCUT2D eigenvalue weighted by molar-refractivity contribution is 5.95. The number of nitrogens with two attached hydrogens (primary N) is 1. The molecular weight excluding hydrogens is 354 g/mol. The smallest absolute Gasteiger partial charge is 0.252 e. The van der Waals surface area contributed by atoms with Gasteiger partial charge in [-0.3, -0.25) is 4.79 Å². The number of primary amides is 1. The Morgan fingerprint density at radius 1 is 1.21 bits per heavy atom. The summed E-state index contributed by atoms with van der Waals surface area (Å²) in [6, 6.07) is 14.7. The number of para-hydroxylation sites is 1. The van der Waals surface area contributed by atoms with E-state index in [1.54, 1.807) is 6.07 Å². The first-order chi connectivity index (χ1) is 13.4. The molecule has 2 aromatic rings. The molecule has 1 unspecified atom stereocenters. The zero-order chi connectivity index (χ0) is 20.1. The SMILES string of the molecule is CN(CC1(NCC(O)c2ccc(O)c(C(N)=O)c2)CCCC1)c1ccccc1. The second kappa shape index (κ2) is 8.63. The number of benzene rings is 2. The average molecular weight is 383 g/mol. The van der Waals surface area contributed by atoms with Gasteiger partial charge in [0.15, 0.2) is 0 Å². The molecule has 0 spiro atoms. The van der Waals surface area contributed by atoms with Gasteiger partial charge >= 0.3 is 0 Å². The van der Waals surface area contributed by atoms with Gasteiger partial charge in [-0.2, -0.15) is 0 Å². The summed E-state index contributed by atoms with van der Waals surface area (Å²) in [6.45, 7) is 1.22. The van der Waals surface area contributed by atoms with Crippen molar-refractivity contribution in [2.75, 3.05) is 25.0 Å². The number of phenols is 1. The first-order valence-corrected chi connectivity index (χ1v) is 9.72. The largest absolute Gasteiger partial charge is 0.507 e. The summed E-state index contributed by atoms with van der Waals surface area (Å²) in [5.74, 6) is -0.885. The van der Waals surface area contributed by atoms with Gasteiger partial charge in [0.1, 0.15) is 5.75 Å². The fourth-order valence-corrected chi connectivity index (χ4v) is 4.06. The molecule has 150 valence electrons. The molecule has 1 fully saturated rings. The zero-order valence-electron chi connectivity index (χ0n) is 16.3. The van der Waals surface area contributed by atoms with Crippen molar-refractivity contribution >= 4 is 11.6 Å². The van der Waals surface area contributed by atoms with Crippen molar-refractivity contribution in [2.24, 2.45) is 5.73 Å². The van der Waals surface area contributed by atoms with E-state index in [0.717, 1.165) is 32.2 Å². The molecule has 1 atom stereocenters. The Bertz CT molecular complexity index is 804. The Morgan fingerprint density at radius 3 is 2.54 bits per heavy atom. The van der Waals surface area contributed by atoms with E-state index >= 15 is 0 Å². The molecule has 3 rings (SSSR count). The highest BCUT2D eigenvalue weighted by atomic mass is 16.3. The molecule has 2 aromatic carbocycles. The lowest BCUT2D eigenvalue weighted by atomic mass is 9.95. The number of aliphatic hydroxyl groups excluding tert-OH is 1. The van der Waals surface area contributed by atoms with Gasteiger partial charge in [-0.05, 0) is 42.7 Å². The Kier molecular flexibility index (Phi) is 6.21. The Hall–Kier alpha value is -2.57. The molecule has 28 heavy (non-hydrogen) atoms. The number of aliphatic hydroxyl groups is 1.